The number of esters is 1. The summed E-state index contributed by atoms with van der Waals surface area (Å²) in [4.78, 5) is 11.7. The number of rotatable bonds is 1. The van der Waals surface area contributed by atoms with Gasteiger partial charge in [0.1, 0.15) is 0 Å². The van der Waals surface area contributed by atoms with E-state index >= 15 is 0 Å². The van der Waals surface area contributed by atoms with E-state index in [0.717, 1.165) is 12.8 Å². The second kappa shape index (κ2) is 4.28. The van der Waals surface area contributed by atoms with Crippen molar-refractivity contribution in [2.75, 3.05) is 7.11 Å². The van der Waals surface area contributed by atoms with Gasteiger partial charge >= 0.3 is 5.97 Å². The number of hydrogen-bond donors (Lipinski definition) is 0. The lowest BCUT2D eigenvalue weighted by Gasteiger charge is -2.29. The number of ether oxygens (including phenoxy) is 1. The van der Waals surface area contributed by atoms with Crippen molar-refractivity contribution in [2.24, 2.45) is 11.8 Å². The Bertz CT molecular complexity index is 409. The van der Waals surface area contributed by atoms with Gasteiger partial charge < -0.3 is 4.74 Å². The SMILES string of the molecule is COC(=O)[C@H]1Cc2c(C)cccc2C[C@@H]1C. The molecule has 1 aliphatic carbocycles. The molecule has 2 rings (SSSR count). The minimum absolute atomic E-state index is 0.0265. The third-order valence-corrected chi connectivity index (χ3v) is 3.66. The fourth-order valence-corrected chi connectivity index (χ4v) is 2.62. The normalized spacial score (nSPS) is 23.7. The van der Waals surface area contributed by atoms with Gasteiger partial charge in [-0.05, 0) is 42.4 Å². The van der Waals surface area contributed by atoms with Crippen molar-refractivity contribution >= 4 is 5.97 Å². The lowest BCUT2D eigenvalue weighted by Crippen LogP contribution is -2.31. The molecule has 0 saturated heterocycles. The molecular formula is C14H18O2. The average Bonchev–Trinajstić information content (AvgIpc) is 2.28. The van der Waals surface area contributed by atoms with Gasteiger partial charge in [0.2, 0.25) is 0 Å². The second-order valence-electron chi connectivity index (χ2n) is 4.73. The van der Waals surface area contributed by atoms with E-state index in [1.165, 1.54) is 23.8 Å². The van der Waals surface area contributed by atoms with E-state index in [0.29, 0.717) is 5.92 Å². The fourth-order valence-electron chi connectivity index (χ4n) is 2.62. The molecule has 86 valence electrons. The topological polar surface area (TPSA) is 26.3 Å². The predicted octanol–water partition coefficient (Wildman–Crippen LogP) is 2.52. The monoisotopic (exact) mass is 218 g/mol. The zero-order chi connectivity index (χ0) is 11.7. The van der Waals surface area contributed by atoms with Crippen molar-refractivity contribution in [1.29, 1.82) is 0 Å². The van der Waals surface area contributed by atoms with E-state index in [-0.39, 0.29) is 11.9 Å². The molecule has 0 bridgehead atoms. The second-order valence-corrected chi connectivity index (χ2v) is 4.73. The van der Waals surface area contributed by atoms with Crippen LogP contribution in [-0.4, -0.2) is 13.1 Å². The van der Waals surface area contributed by atoms with Crippen LogP contribution in [0.2, 0.25) is 0 Å². The molecule has 0 saturated carbocycles. The van der Waals surface area contributed by atoms with Crippen molar-refractivity contribution in [1.82, 2.24) is 0 Å². The van der Waals surface area contributed by atoms with Crippen LogP contribution >= 0.6 is 0 Å². The Hall–Kier alpha value is -1.31. The summed E-state index contributed by atoms with van der Waals surface area (Å²) in [5, 5.41) is 0. The third kappa shape index (κ3) is 1.84. The minimum atomic E-state index is -0.0681. The molecule has 1 aromatic carbocycles. The summed E-state index contributed by atoms with van der Waals surface area (Å²) in [6.45, 7) is 4.25. The molecule has 1 aliphatic rings. The van der Waals surface area contributed by atoms with Gasteiger partial charge in [0, 0.05) is 0 Å². The molecule has 0 radical (unpaired) electrons. The van der Waals surface area contributed by atoms with Crippen LogP contribution in [0.3, 0.4) is 0 Å². The minimum Gasteiger partial charge on any atom is -0.469 e. The van der Waals surface area contributed by atoms with E-state index in [1.807, 2.05) is 0 Å². The molecular weight excluding hydrogens is 200 g/mol. The third-order valence-electron chi connectivity index (χ3n) is 3.66. The van der Waals surface area contributed by atoms with Crippen LogP contribution in [0.1, 0.15) is 23.6 Å². The number of carbonyl (C=O) groups excluding carboxylic acids is 1. The van der Waals surface area contributed by atoms with Gasteiger partial charge in [-0.1, -0.05) is 25.1 Å². The number of carbonyl (C=O) groups is 1. The Morgan fingerprint density at radius 2 is 2.12 bits per heavy atom. The van der Waals surface area contributed by atoms with Gasteiger partial charge in [0.25, 0.3) is 0 Å². The summed E-state index contributed by atoms with van der Waals surface area (Å²) in [7, 11) is 1.47. The number of aryl methyl sites for hydroxylation is 1. The summed E-state index contributed by atoms with van der Waals surface area (Å²) in [5.74, 6) is 0.335. The molecule has 0 N–H and O–H groups in total. The van der Waals surface area contributed by atoms with Crippen molar-refractivity contribution in [3.63, 3.8) is 0 Å². The molecule has 16 heavy (non-hydrogen) atoms. The molecule has 2 nitrogen and oxygen atoms in total. The Balaban J connectivity index is 2.33. The highest BCUT2D eigenvalue weighted by Gasteiger charge is 2.31. The zero-order valence-electron chi connectivity index (χ0n) is 10.1. The number of hydrogen-bond acceptors (Lipinski definition) is 2. The largest absolute Gasteiger partial charge is 0.469 e. The van der Waals surface area contributed by atoms with Gasteiger partial charge in [0.15, 0.2) is 0 Å². The van der Waals surface area contributed by atoms with Crippen LogP contribution < -0.4 is 0 Å². The summed E-state index contributed by atoms with van der Waals surface area (Å²) in [6.07, 6.45) is 1.81. The van der Waals surface area contributed by atoms with Gasteiger partial charge in [-0.15, -0.1) is 0 Å². The molecule has 2 atom stereocenters. The molecule has 0 aliphatic heterocycles. The predicted molar refractivity (Wildman–Crippen MR) is 63.3 cm³/mol. The first-order valence-corrected chi connectivity index (χ1v) is 5.78. The molecule has 0 spiro atoms. The smallest absolute Gasteiger partial charge is 0.309 e. The van der Waals surface area contributed by atoms with E-state index in [4.69, 9.17) is 4.74 Å². The molecule has 0 unspecified atom stereocenters. The van der Waals surface area contributed by atoms with Gasteiger partial charge in [-0.25, -0.2) is 0 Å². The molecule has 1 aromatic rings. The van der Waals surface area contributed by atoms with Crippen LogP contribution in [0.25, 0.3) is 0 Å². The van der Waals surface area contributed by atoms with Crippen molar-refractivity contribution in [2.45, 2.75) is 26.7 Å². The van der Waals surface area contributed by atoms with Gasteiger partial charge in [-0.2, -0.15) is 0 Å². The van der Waals surface area contributed by atoms with E-state index in [9.17, 15) is 4.79 Å². The highest BCUT2D eigenvalue weighted by atomic mass is 16.5. The summed E-state index contributed by atoms with van der Waals surface area (Å²) in [6, 6.07) is 6.38. The van der Waals surface area contributed by atoms with Gasteiger partial charge in [0.05, 0.1) is 13.0 Å². The van der Waals surface area contributed by atoms with Crippen molar-refractivity contribution in [3.8, 4) is 0 Å². The number of fused-ring (bicyclic) bond motifs is 1. The Labute approximate surface area is 96.6 Å². The maximum atomic E-state index is 11.7. The standard InChI is InChI=1S/C14H18O2/c1-9-5-4-6-11-7-10(2)13(8-12(9)11)14(15)16-3/h4-6,10,13H,7-8H2,1-3H3/t10-,13-/m0/s1. The van der Waals surface area contributed by atoms with Crippen LogP contribution in [0.5, 0.6) is 0 Å². The first kappa shape index (κ1) is 11.2. The van der Waals surface area contributed by atoms with Crippen LogP contribution in [0, 0.1) is 18.8 Å². The zero-order valence-corrected chi connectivity index (χ0v) is 10.1. The Morgan fingerprint density at radius 3 is 2.81 bits per heavy atom. The molecule has 2 heteroatoms. The summed E-state index contributed by atoms with van der Waals surface area (Å²) in [5.41, 5.74) is 4.03. The lowest BCUT2D eigenvalue weighted by atomic mass is 9.75. The highest BCUT2D eigenvalue weighted by molar-refractivity contribution is 5.73. The molecule has 0 aromatic heterocycles. The average molecular weight is 218 g/mol. The Kier molecular flexibility index (Phi) is 2.99. The highest BCUT2D eigenvalue weighted by Crippen LogP contribution is 2.32. The van der Waals surface area contributed by atoms with Crippen LogP contribution in [-0.2, 0) is 22.4 Å². The first-order valence-electron chi connectivity index (χ1n) is 5.78. The maximum absolute atomic E-state index is 11.7. The quantitative estimate of drug-likeness (QED) is 0.677. The molecule has 0 amide bonds. The first-order chi connectivity index (χ1) is 7.63. The number of benzene rings is 1. The molecule has 0 heterocycles. The maximum Gasteiger partial charge on any atom is 0.309 e. The van der Waals surface area contributed by atoms with E-state index < -0.39 is 0 Å². The number of methoxy groups -OCH3 is 1. The van der Waals surface area contributed by atoms with Gasteiger partial charge in [-0.3, -0.25) is 4.79 Å². The van der Waals surface area contributed by atoms with E-state index in [2.05, 4.69) is 32.0 Å². The summed E-state index contributed by atoms with van der Waals surface area (Å²) < 4.78 is 4.88. The van der Waals surface area contributed by atoms with Crippen molar-refractivity contribution in [3.05, 3.63) is 34.9 Å². The summed E-state index contributed by atoms with van der Waals surface area (Å²) >= 11 is 0. The fraction of sp³-hybridized carbons (Fsp3) is 0.500. The van der Waals surface area contributed by atoms with Crippen LogP contribution in [0.15, 0.2) is 18.2 Å². The van der Waals surface area contributed by atoms with E-state index in [1.54, 1.807) is 0 Å². The van der Waals surface area contributed by atoms with Crippen LogP contribution in [0.4, 0.5) is 0 Å². The van der Waals surface area contributed by atoms with Crippen molar-refractivity contribution < 1.29 is 9.53 Å². The lowest BCUT2D eigenvalue weighted by molar-refractivity contribution is -0.147. The molecule has 0 fully saturated rings. The Morgan fingerprint density at radius 1 is 1.38 bits per heavy atom.